The first-order chi connectivity index (χ1) is 9.91. The predicted octanol–water partition coefficient (Wildman–Crippen LogP) is 2.90. The highest BCUT2D eigenvalue weighted by atomic mass is 35.5. The van der Waals surface area contributed by atoms with Crippen LogP contribution in [0.25, 0.3) is 0 Å². The second-order valence-corrected chi connectivity index (χ2v) is 5.80. The maximum absolute atomic E-state index is 12.0. The second kappa shape index (κ2) is 10.4. The van der Waals surface area contributed by atoms with Crippen molar-refractivity contribution in [2.75, 3.05) is 13.6 Å². The molecule has 1 atom stereocenters. The van der Waals surface area contributed by atoms with E-state index in [1.807, 2.05) is 18.2 Å². The molecule has 0 aliphatic heterocycles. The Balaban J connectivity index is 0.00000441. The van der Waals surface area contributed by atoms with E-state index in [1.165, 1.54) is 0 Å². The molecule has 0 fully saturated rings. The highest BCUT2D eigenvalue weighted by molar-refractivity contribution is 5.97. The molecule has 5 heteroatoms. The van der Waals surface area contributed by atoms with E-state index in [4.69, 9.17) is 5.73 Å². The predicted molar refractivity (Wildman–Crippen MR) is 92.3 cm³/mol. The van der Waals surface area contributed by atoms with Crippen molar-refractivity contribution >= 4 is 24.1 Å². The van der Waals surface area contributed by atoms with Crippen LogP contribution in [0.15, 0.2) is 30.3 Å². The van der Waals surface area contributed by atoms with Crippen molar-refractivity contribution in [2.45, 2.75) is 39.2 Å². The number of carbonyl (C=O) groups excluding carboxylic acids is 2. The van der Waals surface area contributed by atoms with Gasteiger partial charge in [-0.2, -0.15) is 0 Å². The molecule has 0 aromatic heterocycles. The standard InChI is InChI=1S/C17H26N2O2.ClH/c1-13(2)15(18)11-12-19(3)17(21)10-9-16(20)14-7-5-4-6-8-14;/h4-8,13,15H,9-12,18H2,1-3H3;1H. The molecule has 0 radical (unpaired) electrons. The molecule has 0 aliphatic rings. The monoisotopic (exact) mass is 326 g/mol. The van der Waals surface area contributed by atoms with Crippen LogP contribution in [0.3, 0.4) is 0 Å². The zero-order valence-corrected chi connectivity index (χ0v) is 14.4. The van der Waals surface area contributed by atoms with Crippen LogP contribution >= 0.6 is 12.4 Å². The minimum absolute atomic E-state index is 0. The molecule has 1 amide bonds. The number of amides is 1. The van der Waals surface area contributed by atoms with Crippen LogP contribution in [-0.4, -0.2) is 36.2 Å². The summed E-state index contributed by atoms with van der Waals surface area (Å²) in [7, 11) is 1.77. The molecule has 0 saturated carbocycles. The first kappa shape index (κ1) is 20.6. The van der Waals surface area contributed by atoms with Gasteiger partial charge in [-0.1, -0.05) is 44.2 Å². The summed E-state index contributed by atoms with van der Waals surface area (Å²) in [6, 6.07) is 9.18. The number of rotatable bonds is 8. The van der Waals surface area contributed by atoms with Crippen LogP contribution in [0.1, 0.15) is 43.5 Å². The van der Waals surface area contributed by atoms with Gasteiger partial charge in [0.2, 0.25) is 5.91 Å². The van der Waals surface area contributed by atoms with Gasteiger partial charge in [0.15, 0.2) is 5.78 Å². The van der Waals surface area contributed by atoms with Gasteiger partial charge in [-0.25, -0.2) is 0 Å². The van der Waals surface area contributed by atoms with E-state index in [9.17, 15) is 9.59 Å². The summed E-state index contributed by atoms with van der Waals surface area (Å²) in [4.78, 5) is 25.6. The van der Waals surface area contributed by atoms with E-state index >= 15 is 0 Å². The Hall–Kier alpha value is -1.39. The van der Waals surface area contributed by atoms with Gasteiger partial charge >= 0.3 is 0 Å². The molecule has 4 nitrogen and oxygen atoms in total. The first-order valence-corrected chi connectivity index (χ1v) is 7.49. The summed E-state index contributed by atoms with van der Waals surface area (Å²) in [5, 5.41) is 0. The normalized spacial score (nSPS) is 11.7. The van der Waals surface area contributed by atoms with Crippen LogP contribution in [0.2, 0.25) is 0 Å². The Morgan fingerprint density at radius 1 is 1.14 bits per heavy atom. The zero-order chi connectivity index (χ0) is 15.8. The fraction of sp³-hybridized carbons (Fsp3) is 0.529. The van der Waals surface area contributed by atoms with Crippen molar-refractivity contribution in [1.29, 1.82) is 0 Å². The van der Waals surface area contributed by atoms with Gasteiger partial charge in [-0.15, -0.1) is 12.4 Å². The number of Topliss-reactive ketones (excluding diaryl/α,β-unsaturated/α-hetero) is 1. The van der Waals surface area contributed by atoms with Crippen LogP contribution in [0.5, 0.6) is 0 Å². The van der Waals surface area contributed by atoms with Crippen molar-refractivity contribution < 1.29 is 9.59 Å². The lowest BCUT2D eigenvalue weighted by Crippen LogP contribution is -2.34. The van der Waals surface area contributed by atoms with E-state index in [0.29, 0.717) is 18.0 Å². The van der Waals surface area contributed by atoms with Crippen molar-refractivity contribution in [1.82, 2.24) is 4.90 Å². The molecule has 2 N–H and O–H groups in total. The second-order valence-electron chi connectivity index (χ2n) is 5.80. The average molecular weight is 327 g/mol. The summed E-state index contributed by atoms with van der Waals surface area (Å²) < 4.78 is 0. The molecule has 1 unspecified atom stereocenters. The SMILES string of the molecule is CC(C)C(N)CCN(C)C(=O)CCC(=O)c1ccccc1.Cl. The molecule has 22 heavy (non-hydrogen) atoms. The van der Waals surface area contributed by atoms with Crippen LogP contribution in [0, 0.1) is 5.92 Å². The third kappa shape index (κ3) is 7.05. The number of hydrogen-bond donors (Lipinski definition) is 1. The summed E-state index contributed by atoms with van der Waals surface area (Å²) in [5.41, 5.74) is 6.63. The number of ketones is 1. The Morgan fingerprint density at radius 2 is 1.73 bits per heavy atom. The third-order valence-corrected chi connectivity index (χ3v) is 3.74. The Bertz CT molecular complexity index is 463. The van der Waals surface area contributed by atoms with Gasteiger partial charge in [0, 0.05) is 38.0 Å². The zero-order valence-electron chi connectivity index (χ0n) is 13.6. The number of carbonyl (C=O) groups is 2. The summed E-state index contributed by atoms with van der Waals surface area (Å²) >= 11 is 0. The maximum atomic E-state index is 12.0. The van der Waals surface area contributed by atoms with Gasteiger partial charge in [0.05, 0.1) is 0 Å². The number of benzene rings is 1. The van der Waals surface area contributed by atoms with Crippen LogP contribution < -0.4 is 5.73 Å². The molecule has 0 saturated heterocycles. The lowest BCUT2D eigenvalue weighted by atomic mass is 10.0. The van der Waals surface area contributed by atoms with Crippen molar-refractivity contribution in [3.63, 3.8) is 0 Å². The van der Waals surface area contributed by atoms with Gasteiger partial charge in [-0.05, 0) is 12.3 Å². The molecule has 1 aromatic carbocycles. The summed E-state index contributed by atoms with van der Waals surface area (Å²) in [6.07, 6.45) is 1.29. The number of nitrogens with two attached hydrogens (primary N) is 1. The quantitative estimate of drug-likeness (QED) is 0.747. The highest BCUT2D eigenvalue weighted by Gasteiger charge is 2.14. The van der Waals surface area contributed by atoms with Gasteiger partial charge in [0.1, 0.15) is 0 Å². The van der Waals surface area contributed by atoms with Crippen LogP contribution in [0.4, 0.5) is 0 Å². The molecule has 0 bridgehead atoms. The third-order valence-electron chi connectivity index (χ3n) is 3.74. The van der Waals surface area contributed by atoms with Crippen molar-refractivity contribution in [3.8, 4) is 0 Å². The minimum atomic E-state index is -0.00441. The smallest absolute Gasteiger partial charge is 0.222 e. The van der Waals surface area contributed by atoms with Gasteiger partial charge < -0.3 is 10.6 Å². The number of hydrogen-bond acceptors (Lipinski definition) is 3. The fourth-order valence-electron chi connectivity index (χ4n) is 1.98. The molecule has 0 spiro atoms. The Morgan fingerprint density at radius 3 is 2.27 bits per heavy atom. The largest absolute Gasteiger partial charge is 0.346 e. The van der Waals surface area contributed by atoms with E-state index in [-0.39, 0.29) is 43.0 Å². The lowest BCUT2D eigenvalue weighted by Gasteiger charge is -2.21. The van der Waals surface area contributed by atoms with E-state index in [1.54, 1.807) is 24.1 Å². The first-order valence-electron chi connectivity index (χ1n) is 7.49. The Kier molecular flexibility index (Phi) is 9.70. The van der Waals surface area contributed by atoms with E-state index in [2.05, 4.69) is 13.8 Å². The van der Waals surface area contributed by atoms with E-state index in [0.717, 1.165) is 6.42 Å². The van der Waals surface area contributed by atoms with E-state index < -0.39 is 0 Å². The minimum Gasteiger partial charge on any atom is -0.346 e. The molecular weight excluding hydrogens is 300 g/mol. The molecule has 1 aromatic rings. The fourth-order valence-corrected chi connectivity index (χ4v) is 1.98. The molecular formula is C17H27ClN2O2. The average Bonchev–Trinajstić information content (AvgIpc) is 2.50. The Labute approximate surface area is 139 Å². The van der Waals surface area contributed by atoms with Gasteiger partial charge in [0.25, 0.3) is 0 Å². The van der Waals surface area contributed by atoms with Crippen molar-refractivity contribution in [3.05, 3.63) is 35.9 Å². The number of halogens is 1. The van der Waals surface area contributed by atoms with Gasteiger partial charge in [-0.3, -0.25) is 9.59 Å². The van der Waals surface area contributed by atoms with Crippen LogP contribution in [-0.2, 0) is 4.79 Å². The molecule has 1 rings (SSSR count). The summed E-state index contributed by atoms with van der Waals surface area (Å²) in [6.45, 7) is 4.79. The lowest BCUT2D eigenvalue weighted by molar-refractivity contribution is -0.129. The molecule has 0 aliphatic carbocycles. The van der Waals surface area contributed by atoms with Crippen molar-refractivity contribution in [2.24, 2.45) is 11.7 Å². The topological polar surface area (TPSA) is 63.4 Å². The summed E-state index contributed by atoms with van der Waals surface area (Å²) in [5.74, 6) is 0.416. The molecule has 0 heterocycles. The molecule has 124 valence electrons. The number of nitrogens with zero attached hydrogens (tertiary/aromatic N) is 1. The maximum Gasteiger partial charge on any atom is 0.222 e. The highest BCUT2D eigenvalue weighted by Crippen LogP contribution is 2.08.